The van der Waals surface area contributed by atoms with Gasteiger partial charge in [0.2, 0.25) is 0 Å². The molecule has 0 radical (unpaired) electrons. The van der Waals surface area contributed by atoms with E-state index >= 15 is 4.39 Å². The van der Waals surface area contributed by atoms with Crippen LogP contribution in [-0.2, 0) is 9.53 Å². The number of esters is 1. The number of nitrogens with one attached hydrogen (secondary N) is 2. The van der Waals surface area contributed by atoms with E-state index in [1.165, 1.54) is 4.80 Å². The fourth-order valence-electron chi connectivity index (χ4n) is 4.32. The van der Waals surface area contributed by atoms with Crippen molar-refractivity contribution in [1.29, 1.82) is 5.26 Å². The Bertz CT molecular complexity index is 1580. The Kier molecular flexibility index (Phi) is 9.00. The molecule has 4 aromatic rings. The molecule has 0 aliphatic carbocycles. The number of nitrogens with zero attached hydrogens (tertiary/aromatic N) is 6. The molecule has 0 unspecified atom stereocenters. The molecular weight excluding hydrogens is 539 g/mol. The third kappa shape index (κ3) is 7.37. The van der Waals surface area contributed by atoms with Gasteiger partial charge in [0.1, 0.15) is 23.1 Å². The van der Waals surface area contributed by atoms with E-state index < -0.39 is 17.5 Å². The van der Waals surface area contributed by atoms with Gasteiger partial charge in [-0.05, 0) is 63.4 Å². The number of nitriles is 1. The van der Waals surface area contributed by atoms with Gasteiger partial charge in [-0.2, -0.15) is 15.5 Å². The van der Waals surface area contributed by atoms with Crippen molar-refractivity contribution >= 4 is 23.3 Å². The lowest BCUT2D eigenvalue weighted by atomic mass is 9.91. The number of hydrogen-bond acceptors (Lipinski definition) is 10. The summed E-state index contributed by atoms with van der Waals surface area (Å²) in [5.41, 5.74) is 1.96. The first-order valence-corrected chi connectivity index (χ1v) is 13.3. The van der Waals surface area contributed by atoms with Gasteiger partial charge < -0.3 is 20.1 Å². The zero-order chi connectivity index (χ0) is 30.4. The van der Waals surface area contributed by atoms with Crippen LogP contribution >= 0.6 is 0 Å². The van der Waals surface area contributed by atoms with E-state index in [-0.39, 0.29) is 35.5 Å². The van der Waals surface area contributed by atoms with Crippen LogP contribution in [0.4, 0.5) is 21.7 Å². The van der Waals surface area contributed by atoms with Crippen LogP contribution in [0.3, 0.4) is 0 Å². The molecule has 0 amide bonds. The number of anilines is 3. The number of halogens is 1. The van der Waals surface area contributed by atoms with E-state index in [9.17, 15) is 10.1 Å². The first-order valence-electron chi connectivity index (χ1n) is 13.3. The predicted molar refractivity (Wildman–Crippen MR) is 155 cm³/mol. The van der Waals surface area contributed by atoms with Gasteiger partial charge >= 0.3 is 5.97 Å². The third-order valence-corrected chi connectivity index (χ3v) is 6.30. The summed E-state index contributed by atoms with van der Waals surface area (Å²) in [4.78, 5) is 22.9. The van der Waals surface area contributed by atoms with Crippen molar-refractivity contribution in [2.75, 3.05) is 17.7 Å². The van der Waals surface area contributed by atoms with Crippen LogP contribution in [0, 0.1) is 30.0 Å². The van der Waals surface area contributed by atoms with Crippen molar-refractivity contribution in [3.63, 3.8) is 0 Å². The zero-order valence-corrected chi connectivity index (χ0v) is 24.3. The Morgan fingerprint density at radius 2 is 1.83 bits per heavy atom. The van der Waals surface area contributed by atoms with Crippen molar-refractivity contribution in [3.05, 3.63) is 77.6 Å². The van der Waals surface area contributed by atoms with Crippen LogP contribution in [0.1, 0.15) is 57.0 Å². The van der Waals surface area contributed by atoms with Crippen molar-refractivity contribution in [3.8, 4) is 17.5 Å². The van der Waals surface area contributed by atoms with Gasteiger partial charge in [0, 0.05) is 0 Å². The highest BCUT2D eigenvalue weighted by Gasteiger charge is 2.27. The maximum absolute atomic E-state index is 15.4. The summed E-state index contributed by atoms with van der Waals surface area (Å²) in [6, 6.07) is 11.6. The predicted octanol–water partition coefficient (Wildman–Crippen LogP) is 5.65. The average Bonchev–Trinajstić information content (AvgIpc) is 3.48. The molecule has 2 atom stereocenters. The van der Waals surface area contributed by atoms with E-state index in [4.69, 9.17) is 9.47 Å². The highest BCUT2D eigenvalue weighted by molar-refractivity contribution is 5.70. The first kappa shape index (κ1) is 29.9. The van der Waals surface area contributed by atoms with E-state index in [1.54, 1.807) is 64.7 Å². The molecule has 3 aromatic heterocycles. The lowest BCUT2D eigenvalue weighted by Gasteiger charge is -2.28. The molecule has 0 spiro atoms. The first-order chi connectivity index (χ1) is 20.0. The number of hydrogen-bond donors (Lipinski definition) is 2. The summed E-state index contributed by atoms with van der Waals surface area (Å²) >= 11 is 0. The Balaban J connectivity index is 1.67. The van der Waals surface area contributed by atoms with Crippen LogP contribution in [0.15, 0.2) is 55.0 Å². The van der Waals surface area contributed by atoms with Crippen LogP contribution in [-0.4, -0.2) is 43.6 Å². The lowest BCUT2D eigenvalue weighted by molar-refractivity contribution is -0.155. The van der Waals surface area contributed by atoms with Gasteiger partial charge in [-0.25, -0.2) is 9.37 Å². The van der Waals surface area contributed by atoms with Crippen molar-refractivity contribution in [2.45, 2.75) is 52.7 Å². The minimum absolute atomic E-state index is 0.000176. The number of ether oxygens (including phenoxy) is 2. The van der Waals surface area contributed by atoms with Crippen molar-refractivity contribution < 1.29 is 18.7 Å². The second-order valence-electron chi connectivity index (χ2n) is 10.8. The summed E-state index contributed by atoms with van der Waals surface area (Å²) in [6.45, 7) is 9.10. The van der Waals surface area contributed by atoms with Gasteiger partial charge in [0.25, 0.3) is 0 Å². The maximum atomic E-state index is 15.4. The molecule has 42 heavy (non-hydrogen) atoms. The van der Waals surface area contributed by atoms with E-state index in [2.05, 4.69) is 30.8 Å². The second kappa shape index (κ2) is 12.6. The fraction of sp³-hybridized carbons (Fsp3) is 0.333. The number of pyridine rings is 2. The van der Waals surface area contributed by atoms with Crippen LogP contribution in [0.5, 0.6) is 5.75 Å². The third-order valence-electron chi connectivity index (χ3n) is 6.30. The monoisotopic (exact) mass is 572 g/mol. The molecule has 2 N–H and O–H groups in total. The number of carbonyl (C=O) groups is 1. The standard InChI is InChI=1S/C30H33FN8O3/c1-18(13-26(40)42-30(3,4)5)27(20-7-9-23(41-6)10-8-20)37-29-24(31)14-21(16-32)28(38-29)36-22-15-25(19(2)33-17-22)39-34-11-12-35-39/h7-12,14-15,17-18,27H,13H2,1-6H3,(H2,36,37,38)/t18-,27+/m1/s1. The molecular formula is C30H33FN8O3. The number of carbonyl (C=O) groups excluding carboxylic acids is 1. The molecule has 3 heterocycles. The SMILES string of the molecule is COc1ccc([C@@H](Nc2nc(Nc3cnc(C)c(-n4nccn4)c3)c(C#N)cc2F)[C@H](C)CC(=O)OC(C)(C)C)cc1. The molecule has 4 rings (SSSR count). The largest absolute Gasteiger partial charge is 0.497 e. The topological polar surface area (TPSA) is 140 Å². The smallest absolute Gasteiger partial charge is 0.306 e. The zero-order valence-electron chi connectivity index (χ0n) is 24.3. The molecule has 0 aliphatic rings. The van der Waals surface area contributed by atoms with E-state index in [0.717, 1.165) is 11.6 Å². The normalized spacial score (nSPS) is 12.6. The molecule has 11 nitrogen and oxygen atoms in total. The number of methoxy groups -OCH3 is 1. The van der Waals surface area contributed by atoms with Crippen LogP contribution in [0.2, 0.25) is 0 Å². The van der Waals surface area contributed by atoms with Crippen LogP contribution in [0.25, 0.3) is 5.69 Å². The molecule has 0 saturated heterocycles. The number of aromatic nitrogens is 5. The summed E-state index contributed by atoms with van der Waals surface area (Å²) < 4.78 is 26.2. The van der Waals surface area contributed by atoms with E-state index in [0.29, 0.717) is 22.8 Å². The summed E-state index contributed by atoms with van der Waals surface area (Å²) in [5.74, 6) is -0.735. The number of benzene rings is 1. The minimum atomic E-state index is -0.719. The number of rotatable bonds is 10. The van der Waals surface area contributed by atoms with Gasteiger partial charge in [0.15, 0.2) is 17.5 Å². The molecule has 0 aliphatic heterocycles. The highest BCUT2D eigenvalue weighted by Crippen LogP contribution is 2.33. The van der Waals surface area contributed by atoms with E-state index in [1.807, 2.05) is 32.0 Å². The summed E-state index contributed by atoms with van der Waals surface area (Å²) in [7, 11) is 1.57. The van der Waals surface area contributed by atoms with Gasteiger partial charge in [-0.15, -0.1) is 4.80 Å². The average molecular weight is 573 g/mol. The van der Waals surface area contributed by atoms with Gasteiger partial charge in [-0.3, -0.25) is 9.78 Å². The summed E-state index contributed by atoms with van der Waals surface area (Å²) in [6.07, 6.45) is 4.75. The molecule has 0 saturated carbocycles. The fourth-order valence-corrected chi connectivity index (χ4v) is 4.32. The Morgan fingerprint density at radius 3 is 2.45 bits per heavy atom. The minimum Gasteiger partial charge on any atom is -0.497 e. The van der Waals surface area contributed by atoms with Crippen molar-refractivity contribution in [1.82, 2.24) is 25.0 Å². The Morgan fingerprint density at radius 1 is 1.14 bits per heavy atom. The molecule has 218 valence electrons. The molecule has 12 heteroatoms. The highest BCUT2D eigenvalue weighted by atomic mass is 19.1. The quantitative estimate of drug-likeness (QED) is 0.229. The number of aryl methyl sites for hydroxylation is 1. The Labute approximate surface area is 243 Å². The molecule has 1 aromatic carbocycles. The Hall–Kier alpha value is -5.05. The van der Waals surface area contributed by atoms with Gasteiger partial charge in [0.05, 0.1) is 55.1 Å². The second-order valence-corrected chi connectivity index (χ2v) is 10.8. The molecule has 0 fully saturated rings. The van der Waals surface area contributed by atoms with Gasteiger partial charge in [-0.1, -0.05) is 19.1 Å². The summed E-state index contributed by atoms with van der Waals surface area (Å²) in [5, 5.41) is 24.3. The molecule has 0 bridgehead atoms. The van der Waals surface area contributed by atoms with Crippen molar-refractivity contribution in [2.24, 2.45) is 5.92 Å². The van der Waals surface area contributed by atoms with Crippen LogP contribution < -0.4 is 15.4 Å². The lowest BCUT2D eigenvalue weighted by Crippen LogP contribution is -2.28. The maximum Gasteiger partial charge on any atom is 0.306 e.